The second-order valence-electron chi connectivity index (χ2n) is 23.5. The quantitative estimate of drug-likeness (QED) is 0.0391. The van der Waals surface area contributed by atoms with Gasteiger partial charge in [0.05, 0.1) is 34.1 Å². The number of halogens is 13. The van der Waals surface area contributed by atoms with Crippen molar-refractivity contribution in [2.45, 2.75) is 88.5 Å². The topological polar surface area (TPSA) is 219 Å². The fourth-order valence-electron chi connectivity index (χ4n) is 11.4. The molecule has 0 saturated carbocycles. The molecule has 6 aromatic carbocycles. The normalized spacial score (nSPS) is 15.9. The number of likely N-dealkylation sites (tertiary alicyclic amines) is 1. The number of quaternary nitrogens is 1. The number of carboxylic acids is 1. The molecule has 0 radical (unpaired) electrons. The molecule has 4 fully saturated rings. The van der Waals surface area contributed by atoms with Crippen molar-refractivity contribution in [3.8, 4) is 11.5 Å². The van der Waals surface area contributed by atoms with E-state index >= 15 is 0 Å². The molecule has 19 nitrogen and oxygen atoms in total. The van der Waals surface area contributed by atoms with Gasteiger partial charge in [-0.15, -0.1) is 0 Å². The van der Waals surface area contributed by atoms with Crippen molar-refractivity contribution in [3.63, 3.8) is 0 Å². The van der Waals surface area contributed by atoms with Crippen LogP contribution in [-0.4, -0.2) is 140 Å². The Morgan fingerprint density at radius 3 is 1.19 bits per heavy atom. The minimum absolute atomic E-state index is 0. The number of piperidine rings is 2. The smallest absolute Gasteiger partial charge is 1.00 e. The first-order valence-electron chi connectivity index (χ1n) is 31.2. The van der Waals surface area contributed by atoms with Gasteiger partial charge in [-0.2, -0.15) is 52.7 Å². The number of nitro groups is 2. The maximum atomic E-state index is 13.3. The number of benzene rings is 6. The molecule has 10 rings (SSSR count). The number of alkyl halides is 12. The fraction of sp³-hybridized carbons (Fsp3) is 0.424. The Balaban J connectivity index is 0.000000257. The molecular weight excluding hydrogens is 1350 g/mol. The van der Waals surface area contributed by atoms with Crippen molar-refractivity contribution in [2.75, 3.05) is 112 Å². The van der Waals surface area contributed by atoms with E-state index in [9.17, 15) is 87.6 Å². The van der Waals surface area contributed by atoms with Gasteiger partial charge in [0.2, 0.25) is 5.91 Å². The summed E-state index contributed by atoms with van der Waals surface area (Å²) in [7, 11) is 0. The van der Waals surface area contributed by atoms with E-state index in [1.54, 1.807) is 4.90 Å². The second-order valence-corrected chi connectivity index (χ2v) is 23.5. The van der Waals surface area contributed by atoms with Gasteiger partial charge < -0.3 is 62.4 Å². The number of carbonyl (C=O) groups excluding carboxylic acids is 2. The summed E-state index contributed by atoms with van der Waals surface area (Å²) in [5.41, 5.74) is -2.01. The number of ether oxygens (including phenoxy) is 2. The van der Waals surface area contributed by atoms with Crippen LogP contribution in [0.1, 0.15) is 71.9 Å². The zero-order valence-corrected chi connectivity index (χ0v) is 54.5. The molecule has 0 bridgehead atoms. The van der Waals surface area contributed by atoms with Gasteiger partial charge in [-0.25, -0.2) is 0 Å². The second kappa shape index (κ2) is 36.2. The van der Waals surface area contributed by atoms with Crippen molar-refractivity contribution in [2.24, 2.45) is 0 Å². The zero-order chi connectivity index (χ0) is 70.1. The van der Waals surface area contributed by atoms with Gasteiger partial charge in [-0.1, -0.05) is 24.3 Å². The average Bonchev–Trinajstić information content (AvgIpc) is 0.808. The Morgan fingerprint density at radius 1 is 0.485 bits per heavy atom. The first kappa shape index (κ1) is 79.8. The van der Waals surface area contributed by atoms with Gasteiger partial charge in [-0.3, -0.25) is 34.8 Å². The molecule has 33 heteroatoms. The van der Waals surface area contributed by atoms with E-state index in [1.165, 1.54) is 36.4 Å². The molecule has 4 aliphatic heterocycles. The molecular formula is C66H72ClF12LiN10O9. The molecule has 4 saturated heterocycles. The molecule has 1 amide bonds. The summed E-state index contributed by atoms with van der Waals surface area (Å²) < 4.78 is 166. The number of piperazine rings is 2. The number of rotatable bonds is 20. The molecule has 0 aliphatic carbocycles. The third-order valence-corrected chi connectivity index (χ3v) is 16.8. The summed E-state index contributed by atoms with van der Waals surface area (Å²) in [5, 5.41) is 40.4. The van der Waals surface area contributed by atoms with Crippen LogP contribution in [0.3, 0.4) is 0 Å². The van der Waals surface area contributed by atoms with Gasteiger partial charge in [0.1, 0.15) is 35.8 Å². The number of carboxylic acid groups (broad SMARTS) is 1. The minimum atomic E-state index is -4.85. The summed E-state index contributed by atoms with van der Waals surface area (Å²) in [4.78, 5) is 53.6. The van der Waals surface area contributed by atoms with Crippen LogP contribution in [-0.2, 0) is 47.5 Å². The fourth-order valence-corrected chi connectivity index (χ4v) is 11.4. The Bertz CT molecular complexity index is 3550. The first-order valence-corrected chi connectivity index (χ1v) is 31.2. The number of amides is 1. The van der Waals surface area contributed by atoms with E-state index in [0.29, 0.717) is 68.1 Å². The Hall–Kier alpha value is -8.21. The van der Waals surface area contributed by atoms with Gasteiger partial charge in [0.15, 0.2) is 0 Å². The van der Waals surface area contributed by atoms with Crippen LogP contribution in [0.5, 0.6) is 11.5 Å². The maximum absolute atomic E-state index is 13.3. The van der Waals surface area contributed by atoms with E-state index in [2.05, 4.69) is 35.6 Å². The average molecular weight is 1420 g/mol. The predicted octanol–water partition coefficient (Wildman–Crippen LogP) is 5.13. The van der Waals surface area contributed by atoms with Crippen molar-refractivity contribution in [3.05, 3.63) is 187 Å². The van der Waals surface area contributed by atoms with E-state index < -0.39 is 74.1 Å². The molecule has 0 spiro atoms. The van der Waals surface area contributed by atoms with Crippen molar-refractivity contribution >= 4 is 46.0 Å². The largest absolute Gasteiger partial charge is 1.00 e. The molecule has 4 aliphatic rings. The Morgan fingerprint density at radius 2 is 0.848 bits per heavy atom. The number of nitrogens with one attached hydrogen (secondary N) is 2. The number of nitrogens with two attached hydrogens (primary N) is 1. The first-order chi connectivity index (χ1) is 45.9. The number of nitrogens with zero attached hydrogens (tertiary/aromatic N) is 7. The van der Waals surface area contributed by atoms with Crippen molar-refractivity contribution < 1.29 is 123 Å². The van der Waals surface area contributed by atoms with E-state index in [1.807, 2.05) is 48.5 Å². The minimum Gasteiger partial charge on any atom is -1.00 e. The van der Waals surface area contributed by atoms with E-state index in [-0.39, 0.29) is 80.3 Å². The van der Waals surface area contributed by atoms with Gasteiger partial charge in [0.25, 0.3) is 11.4 Å². The molecule has 99 heavy (non-hydrogen) atoms. The summed E-state index contributed by atoms with van der Waals surface area (Å²) >= 11 is 0. The molecule has 0 unspecified atom stereocenters. The number of nitro benzene ring substituents is 2. The zero-order valence-electron chi connectivity index (χ0n) is 53.7. The van der Waals surface area contributed by atoms with Crippen LogP contribution in [0.15, 0.2) is 133 Å². The van der Waals surface area contributed by atoms with Crippen LogP contribution in [0, 0.1) is 20.2 Å². The molecule has 6 aromatic rings. The van der Waals surface area contributed by atoms with E-state index in [4.69, 9.17) is 9.47 Å². The number of aliphatic carboxylic acids is 1. The number of hydrogen-bond acceptors (Lipinski definition) is 15. The van der Waals surface area contributed by atoms with Gasteiger partial charge >= 0.3 is 43.6 Å². The third-order valence-electron chi connectivity index (χ3n) is 16.8. The van der Waals surface area contributed by atoms with Gasteiger partial charge in [-0.05, 0) is 127 Å². The predicted molar refractivity (Wildman–Crippen MR) is 334 cm³/mol. The summed E-state index contributed by atoms with van der Waals surface area (Å²) in [5.74, 6) is 0.246. The number of hydrogen-bond donors (Lipinski definition) is 3. The van der Waals surface area contributed by atoms with Gasteiger partial charge in [0, 0.05) is 151 Å². The molecule has 4 heterocycles. The standard InChI is InChI=1S/C33H35F6N5O4.C21H23F3N2O3.C12H14F3N3O2.ClH.Li/c34-32(35,36)24-3-1-23(2-4-24)22-48-28-8-6-27(7-9-28)42-19-17-41(18-20-42)14-13-31(45)43-15-11-25(12-16-43)40-26-5-10-30(44(46)47)29(21-26)33(37,38)39;22-21(23,24)17-3-1-16(2-4-17)15-29-19-7-5-18(6-8-19)26-13-11-25(12-14-26)10-9-20(27)28;13-12(14,15)10-7-9(1-2-11(10)18(19)20)17-8-3-5-16-6-4-8;;/h1-10,21,25,40H,11-20,22H2;1-8H,9-15H2,(H,27,28);1-2,7-8,16-17H,3-6H2;1H;/q;;;;+1/p-1. The summed E-state index contributed by atoms with van der Waals surface area (Å²) in [6.45, 7) is 10.5. The monoisotopic (exact) mass is 1420 g/mol. The maximum Gasteiger partial charge on any atom is 1.00 e. The molecule has 4 N–H and O–H groups in total. The van der Waals surface area contributed by atoms with Crippen LogP contribution < -0.4 is 71.6 Å². The molecule has 0 atom stereocenters. The van der Waals surface area contributed by atoms with Crippen molar-refractivity contribution in [1.82, 2.24) is 14.7 Å². The van der Waals surface area contributed by atoms with Crippen LogP contribution in [0.25, 0.3) is 0 Å². The van der Waals surface area contributed by atoms with Crippen LogP contribution in [0.2, 0.25) is 0 Å². The van der Waals surface area contributed by atoms with E-state index in [0.717, 1.165) is 138 Å². The number of carbonyl (C=O) groups is 2. The molecule has 532 valence electrons. The van der Waals surface area contributed by atoms with Crippen LogP contribution in [0.4, 0.5) is 86.8 Å². The summed E-state index contributed by atoms with van der Waals surface area (Å²) in [6, 6.07) is 30.8. The summed E-state index contributed by atoms with van der Waals surface area (Å²) in [6.07, 6.45) is -15.1. The molecule has 0 aromatic heterocycles. The third kappa shape index (κ3) is 24.6. The van der Waals surface area contributed by atoms with Crippen LogP contribution >= 0.6 is 0 Å². The Labute approximate surface area is 580 Å². The number of anilines is 4. The Kier molecular flexibility index (Phi) is 29.2. The van der Waals surface area contributed by atoms with Crippen molar-refractivity contribution in [1.29, 1.82) is 0 Å². The SMILES string of the molecule is O=C(CCN1CCN(c2ccc(OCc3ccc(C(F)(F)F)cc3)cc2)CC1)N1CCC(Nc2ccc([N+](=O)[O-])c(C(F)(F)F)c2)CC1.O=C([O-])CCN1CCN(c2ccc(OCc3ccc(C(F)(F)F)cc3)cc2)CC1.O=[N+]([O-])c1ccc(NC2CC[NH2+]CC2)cc1C(F)(F)F.[Cl-].[Li+].